The van der Waals surface area contributed by atoms with Crippen molar-refractivity contribution in [1.29, 1.82) is 0 Å². The molecule has 0 spiro atoms. The van der Waals surface area contributed by atoms with Gasteiger partial charge in [-0.1, -0.05) is 0 Å². The Labute approximate surface area is 143 Å². The van der Waals surface area contributed by atoms with Gasteiger partial charge in [-0.2, -0.15) is 0 Å². The first kappa shape index (κ1) is 15.6. The molecule has 2 aliphatic heterocycles. The van der Waals surface area contributed by atoms with Crippen molar-refractivity contribution < 1.29 is 23.7 Å². The first-order valence-corrected chi connectivity index (χ1v) is 7.10. The van der Waals surface area contributed by atoms with Gasteiger partial charge in [0.15, 0.2) is 11.3 Å². The van der Waals surface area contributed by atoms with E-state index in [1.165, 1.54) is 30.4 Å². The second kappa shape index (κ2) is 5.86. The summed E-state index contributed by atoms with van der Waals surface area (Å²) in [6.45, 7) is 2.84. The van der Waals surface area contributed by atoms with Crippen LogP contribution in [0.5, 0.6) is 11.5 Å². The van der Waals surface area contributed by atoms with Crippen LogP contribution < -0.4 is 10.4 Å². The lowest BCUT2D eigenvalue weighted by atomic mass is 9.98. The van der Waals surface area contributed by atoms with Crippen molar-refractivity contribution in [3.05, 3.63) is 85.3 Å². The minimum absolute atomic E-state index is 0.0104. The summed E-state index contributed by atoms with van der Waals surface area (Å²) in [4.78, 5) is 13.8. The van der Waals surface area contributed by atoms with E-state index in [4.69, 9.17) is 18.6 Å². The minimum atomic E-state index is -0.631. The summed E-state index contributed by atoms with van der Waals surface area (Å²) < 4.78 is 20.7. The number of hydrogen-bond donors (Lipinski definition) is 0. The van der Waals surface area contributed by atoms with Crippen LogP contribution in [0.2, 0.25) is 0 Å². The Hall–Kier alpha value is -2.93. The highest BCUT2D eigenvalue weighted by molar-refractivity contribution is 5.94. The maximum Gasteiger partial charge on any atom is 0.342 e. The van der Waals surface area contributed by atoms with Crippen molar-refractivity contribution >= 4 is 17.0 Å². The first-order chi connectivity index (χ1) is 12.1. The third-order valence-corrected chi connectivity index (χ3v) is 3.68. The van der Waals surface area contributed by atoms with Crippen LogP contribution in [0.4, 0.5) is 0 Å². The average molecular weight is 336 g/mol. The van der Waals surface area contributed by atoms with Crippen LogP contribution in [0.25, 0.3) is 17.0 Å². The highest BCUT2D eigenvalue weighted by Gasteiger charge is 2.32. The van der Waals surface area contributed by atoms with Crippen molar-refractivity contribution in [2.24, 2.45) is 0 Å². The maximum absolute atomic E-state index is 12.6. The number of benzene rings is 1. The van der Waals surface area contributed by atoms with Crippen LogP contribution >= 0.6 is 0 Å². The molecule has 2 aliphatic rings. The summed E-state index contributed by atoms with van der Waals surface area (Å²) in [6, 6.07) is 2.80. The number of nitrogens with zero attached hydrogens (tertiary/aromatic N) is 1. The molecule has 0 atom stereocenters. The minimum Gasteiger partial charge on any atom is -0.485 e. The van der Waals surface area contributed by atoms with Gasteiger partial charge in [-0.25, -0.2) is 4.79 Å². The fourth-order valence-electron chi connectivity index (χ4n) is 2.59. The molecule has 7 heteroatoms. The van der Waals surface area contributed by atoms with Crippen molar-refractivity contribution in [3.8, 4) is 11.5 Å². The topological polar surface area (TPSA) is 81.0 Å². The molecule has 0 fully saturated rings. The van der Waals surface area contributed by atoms with Crippen LogP contribution in [0.3, 0.4) is 0 Å². The number of hydrogen-bond acceptors (Lipinski definition) is 6. The Morgan fingerprint density at radius 2 is 2.08 bits per heavy atom. The summed E-state index contributed by atoms with van der Waals surface area (Å²) in [5.41, 5.74) is 0.0698. The van der Waals surface area contributed by atoms with E-state index in [2.05, 4.69) is 20.2 Å². The van der Waals surface area contributed by atoms with Crippen molar-refractivity contribution in [3.63, 3.8) is 0 Å². The molecule has 1 aromatic carbocycles. The van der Waals surface area contributed by atoms with E-state index in [0.717, 1.165) is 0 Å². The first-order valence-electron chi connectivity index (χ1n) is 7.10. The van der Waals surface area contributed by atoms with Gasteiger partial charge in [0, 0.05) is 30.3 Å². The molecule has 0 saturated heterocycles. The maximum atomic E-state index is 12.6. The molecule has 0 saturated carbocycles. The highest BCUT2D eigenvalue weighted by atomic mass is 16.7. The van der Waals surface area contributed by atoms with E-state index in [1.54, 1.807) is 12.3 Å². The summed E-state index contributed by atoms with van der Waals surface area (Å²) in [5.74, 6) is -0.773. The molecule has 123 valence electrons. The summed E-state index contributed by atoms with van der Waals surface area (Å²) in [6.07, 6.45) is 6.02. The lowest BCUT2D eigenvalue weighted by molar-refractivity contribution is 0.0420. The van der Waals surface area contributed by atoms with Gasteiger partial charge < -0.3 is 23.5 Å². The highest BCUT2D eigenvalue weighted by Crippen LogP contribution is 2.43. The lowest BCUT2D eigenvalue weighted by Crippen LogP contribution is -2.19. The zero-order valence-electron chi connectivity index (χ0n) is 12.8. The summed E-state index contributed by atoms with van der Waals surface area (Å²) in [5, 5.41) is 13.0. The molecule has 2 aromatic rings. The van der Waals surface area contributed by atoms with Crippen molar-refractivity contribution in [2.45, 2.75) is 0 Å². The van der Waals surface area contributed by atoms with Gasteiger partial charge in [0.25, 0.3) is 0 Å². The number of ether oxygens (including phenoxy) is 3. The third-order valence-electron chi connectivity index (χ3n) is 3.68. The van der Waals surface area contributed by atoms with Gasteiger partial charge >= 0.3 is 11.9 Å². The molecular weight excluding hydrogens is 326 g/mol. The van der Waals surface area contributed by atoms with E-state index < -0.39 is 11.4 Å². The van der Waals surface area contributed by atoms with Crippen LogP contribution in [0.15, 0.2) is 27.7 Å². The standard InChI is InChI=1S/C18H10NO6/c1-19-5-4-10-11-8-13(22-2)15(20)14(18-23-6-3-7-24-18)16(11)25-17(21)12(10)9-19/h3-7,9H,1-2H2. The van der Waals surface area contributed by atoms with Gasteiger partial charge in [-0.15, -0.1) is 0 Å². The van der Waals surface area contributed by atoms with Crippen LogP contribution in [0, 0.1) is 39.7 Å². The second-order valence-corrected chi connectivity index (χ2v) is 5.17. The fourth-order valence-corrected chi connectivity index (χ4v) is 2.59. The largest absolute Gasteiger partial charge is 0.485 e. The Kier molecular flexibility index (Phi) is 3.65. The SMILES string of the molecule is [CH2]Oc1[c]c2c3c(c(=O)oc2c([C]2O[CH]C=CO2)c1[O])[CH]N([CH2])C=C3. The van der Waals surface area contributed by atoms with Gasteiger partial charge in [-0.3, -0.25) is 5.11 Å². The Bertz CT molecular complexity index is 958. The van der Waals surface area contributed by atoms with E-state index in [-0.39, 0.29) is 28.7 Å². The quantitative estimate of drug-likeness (QED) is 0.784. The molecule has 25 heavy (non-hydrogen) atoms. The molecule has 7 nitrogen and oxygen atoms in total. The summed E-state index contributed by atoms with van der Waals surface area (Å²) >= 11 is 0. The second-order valence-electron chi connectivity index (χ2n) is 5.17. The van der Waals surface area contributed by atoms with Gasteiger partial charge in [0.1, 0.15) is 19.3 Å². The zero-order chi connectivity index (χ0) is 17.6. The molecule has 0 aliphatic carbocycles. The van der Waals surface area contributed by atoms with Crippen molar-refractivity contribution in [1.82, 2.24) is 4.90 Å². The summed E-state index contributed by atoms with van der Waals surface area (Å²) in [7, 11) is 6.99. The Balaban J connectivity index is 2.06. The van der Waals surface area contributed by atoms with E-state index in [0.29, 0.717) is 10.9 Å². The van der Waals surface area contributed by atoms with E-state index in [1.807, 2.05) is 0 Å². The van der Waals surface area contributed by atoms with Gasteiger partial charge in [0.05, 0.1) is 18.4 Å². The molecule has 0 bridgehead atoms. The number of fused-ring (bicyclic) bond motifs is 3. The molecule has 0 N–H and O–H groups in total. The predicted octanol–water partition coefficient (Wildman–Crippen LogP) is 3.06. The van der Waals surface area contributed by atoms with E-state index in [9.17, 15) is 9.90 Å². The lowest BCUT2D eigenvalue weighted by Gasteiger charge is -2.22. The normalized spacial score (nSPS) is 16.8. The molecule has 1 aromatic heterocycles. The molecule has 4 rings (SSSR count). The fraction of sp³-hybridized carbons (Fsp3) is 0. The number of rotatable bonds is 2. The van der Waals surface area contributed by atoms with Crippen LogP contribution in [-0.2, 0) is 14.6 Å². The zero-order valence-corrected chi connectivity index (χ0v) is 12.8. The average Bonchev–Trinajstić information content (AvgIpc) is 2.62. The third kappa shape index (κ3) is 2.44. The monoisotopic (exact) mass is 336 g/mol. The molecule has 3 heterocycles. The van der Waals surface area contributed by atoms with E-state index >= 15 is 0 Å². The van der Waals surface area contributed by atoms with Crippen LogP contribution in [0.1, 0.15) is 16.7 Å². The van der Waals surface area contributed by atoms with Gasteiger partial charge in [-0.05, 0) is 12.2 Å². The smallest absolute Gasteiger partial charge is 0.342 e. The Morgan fingerprint density at radius 1 is 1.24 bits per heavy atom. The van der Waals surface area contributed by atoms with Crippen LogP contribution in [-0.4, -0.2) is 4.90 Å². The van der Waals surface area contributed by atoms with Crippen molar-refractivity contribution in [2.75, 3.05) is 0 Å². The predicted molar refractivity (Wildman–Crippen MR) is 85.0 cm³/mol. The molecule has 7 radical (unpaired) electrons. The Morgan fingerprint density at radius 3 is 2.80 bits per heavy atom. The molecule has 0 unspecified atom stereocenters. The van der Waals surface area contributed by atoms with Gasteiger partial charge in [0.2, 0.25) is 5.75 Å². The molecule has 0 amide bonds. The molecular formula is C18H10NO6.